The second kappa shape index (κ2) is 7.01. The normalized spacial score (nSPS) is 10.5. The van der Waals surface area contributed by atoms with Gasteiger partial charge in [-0.3, -0.25) is 0 Å². The van der Waals surface area contributed by atoms with Gasteiger partial charge < -0.3 is 15.0 Å². The standard InChI is InChI=1S/C15H15N5O2S/c1-22-15(21)11-4-5-13(20-19-11)16-7-6-10-14(18-9-17-10)12-3-2-8-23-12/h2-5,8-9H,6-7H2,1H3,(H,16,20)(H,17,18). The first-order valence-electron chi connectivity index (χ1n) is 7.00. The molecule has 0 amide bonds. The van der Waals surface area contributed by atoms with Crippen molar-refractivity contribution in [3.8, 4) is 10.6 Å². The van der Waals surface area contributed by atoms with Crippen LogP contribution in [-0.2, 0) is 11.2 Å². The Morgan fingerprint density at radius 3 is 2.96 bits per heavy atom. The van der Waals surface area contributed by atoms with E-state index in [4.69, 9.17) is 0 Å². The van der Waals surface area contributed by atoms with Crippen molar-refractivity contribution in [2.24, 2.45) is 0 Å². The minimum absolute atomic E-state index is 0.187. The Bertz CT molecular complexity index is 768. The van der Waals surface area contributed by atoms with Crippen molar-refractivity contribution in [1.82, 2.24) is 20.2 Å². The molecule has 7 nitrogen and oxygen atoms in total. The van der Waals surface area contributed by atoms with Crippen LogP contribution in [0.25, 0.3) is 10.6 Å². The first kappa shape index (κ1) is 15.2. The van der Waals surface area contributed by atoms with Crippen LogP contribution in [0.2, 0.25) is 0 Å². The number of methoxy groups -OCH3 is 1. The Kier molecular flexibility index (Phi) is 4.62. The lowest BCUT2D eigenvalue weighted by Crippen LogP contribution is -2.10. The van der Waals surface area contributed by atoms with Crippen molar-refractivity contribution in [1.29, 1.82) is 0 Å². The van der Waals surface area contributed by atoms with Crippen LogP contribution in [0.3, 0.4) is 0 Å². The fraction of sp³-hybridized carbons (Fsp3) is 0.200. The molecule has 3 aromatic heterocycles. The molecule has 2 N–H and O–H groups in total. The number of thiophene rings is 1. The van der Waals surface area contributed by atoms with Gasteiger partial charge in [0.15, 0.2) is 5.69 Å². The molecule has 0 aliphatic heterocycles. The number of aromatic amines is 1. The molecule has 0 saturated heterocycles. The van der Waals surface area contributed by atoms with Gasteiger partial charge in [0.2, 0.25) is 0 Å². The topological polar surface area (TPSA) is 92.8 Å². The first-order chi connectivity index (χ1) is 11.3. The summed E-state index contributed by atoms with van der Waals surface area (Å²) in [5.41, 5.74) is 2.24. The van der Waals surface area contributed by atoms with Crippen LogP contribution in [0.1, 0.15) is 16.2 Å². The number of H-pyrrole nitrogens is 1. The number of imidazole rings is 1. The van der Waals surface area contributed by atoms with Gasteiger partial charge in [0, 0.05) is 18.7 Å². The number of carbonyl (C=O) groups is 1. The number of hydrogen-bond acceptors (Lipinski definition) is 7. The zero-order valence-corrected chi connectivity index (χ0v) is 13.3. The number of rotatable bonds is 6. The minimum atomic E-state index is -0.498. The van der Waals surface area contributed by atoms with Crippen LogP contribution in [-0.4, -0.2) is 39.8 Å². The fourth-order valence-electron chi connectivity index (χ4n) is 2.09. The molecule has 23 heavy (non-hydrogen) atoms. The lowest BCUT2D eigenvalue weighted by Gasteiger charge is -2.05. The van der Waals surface area contributed by atoms with Crippen molar-refractivity contribution >= 4 is 23.1 Å². The molecule has 0 aliphatic carbocycles. The number of esters is 1. The lowest BCUT2D eigenvalue weighted by atomic mass is 10.2. The van der Waals surface area contributed by atoms with E-state index in [1.165, 1.54) is 7.11 Å². The van der Waals surface area contributed by atoms with E-state index < -0.39 is 5.97 Å². The Morgan fingerprint density at radius 1 is 1.35 bits per heavy atom. The van der Waals surface area contributed by atoms with Crippen LogP contribution in [0.15, 0.2) is 36.0 Å². The predicted octanol–water partition coefficient (Wildman–Crippen LogP) is 2.37. The summed E-state index contributed by atoms with van der Waals surface area (Å²) in [5, 5.41) is 13.0. The Labute approximate surface area is 136 Å². The SMILES string of the molecule is COC(=O)c1ccc(NCCc2[nH]cnc2-c2cccs2)nn1. The van der Waals surface area contributed by atoms with E-state index in [-0.39, 0.29) is 5.69 Å². The third-order valence-corrected chi connectivity index (χ3v) is 4.09. The zero-order valence-electron chi connectivity index (χ0n) is 12.4. The molecule has 0 atom stereocenters. The van der Waals surface area contributed by atoms with E-state index >= 15 is 0 Å². The van der Waals surface area contributed by atoms with Crippen LogP contribution in [0, 0.1) is 0 Å². The molecule has 0 saturated carbocycles. The maximum absolute atomic E-state index is 11.3. The van der Waals surface area contributed by atoms with Crippen LogP contribution in [0.4, 0.5) is 5.82 Å². The number of hydrogen-bond donors (Lipinski definition) is 2. The van der Waals surface area contributed by atoms with Gasteiger partial charge in [-0.1, -0.05) is 6.07 Å². The largest absolute Gasteiger partial charge is 0.464 e. The van der Waals surface area contributed by atoms with E-state index in [1.807, 2.05) is 11.4 Å². The highest BCUT2D eigenvalue weighted by atomic mass is 32.1. The summed E-state index contributed by atoms with van der Waals surface area (Å²) in [6, 6.07) is 7.34. The third-order valence-electron chi connectivity index (χ3n) is 3.21. The molecule has 3 aromatic rings. The highest BCUT2D eigenvalue weighted by molar-refractivity contribution is 7.13. The van der Waals surface area contributed by atoms with E-state index in [1.54, 1.807) is 29.8 Å². The van der Waals surface area contributed by atoms with Gasteiger partial charge in [0.1, 0.15) is 11.5 Å². The molecule has 0 spiro atoms. The summed E-state index contributed by atoms with van der Waals surface area (Å²) < 4.78 is 4.58. The van der Waals surface area contributed by atoms with Gasteiger partial charge in [-0.2, -0.15) is 0 Å². The molecule has 3 rings (SSSR count). The van der Waals surface area contributed by atoms with E-state index in [2.05, 4.69) is 36.3 Å². The quantitative estimate of drug-likeness (QED) is 0.675. The summed E-state index contributed by atoms with van der Waals surface area (Å²) in [5.74, 6) is 0.108. The Balaban J connectivity index is 1.58. The fourth-order valence-corrected chi connectivity index (χ4v) is 2.84. The number of aromatic nitrogens is 4. The number of ether oxygens (including phenoxy) is 1. The maximum atomic E-state index is 11.3. The third kappa shape index (κ3) is 3.54. The maximum Gasteiger partial charge on any atom is 0.358 e. The molecule has 0 aromatic carbocycles. The minimum Gasteiger partial charge on any atom is -0.464 e. The summed E-state index contributed by atoms with van der Waals surface area (Å²) in [7, 11) is 1.31. The molecule has 0 aliphatic rings. The number of nitrogens with one attached hydrogen (secondary N) is 2. The van der Waals surface area contributed by atoms with Gasteiger partial charge in [-0.15, -0.1) is 21.5 Å². The Morgan fingerprint density at radius 2 is 2.26 bits per heavy atom. The average Bonchev–Trinajstić information content (AvgIpc) is 3.25. The van der Waals surface area contributed by atoms with Crippen LogP contribution in [0.5, 0.6) is 0 Å². The van der Waals surface area contributed by atoms with Crippen molar-refractivity contribution in [2.75, 3.05) is 19.0 Å². The molecule has 0 unspecified atom stereocenters. The van der Waals surface area contributed by atoms with Crippen molar-refractivity contribution in [3.05, 3.63) is 47.4 Å². The molecule has 118 valence electrons. The van der Waals surface area contributed by atoms with E-state index in [9.17, 15) is 4.79 Å². The summed E-state index contributed by atoms with van der Waals surface area (Å²) in [6.07, 6.45) is 2.48. The van der Waals surface area contributed by atoms with Crippen molar-refractivity contribution in [3.63, 3.8) is 0 Å². The highest BCUT2D eigenvalue weighted by Gasteiger charge is 2.10. The molecule has 0 fully saturated rings. The lowest BCUT2D eigenvalue weighted by molar-refractivity contribution is 0.0593. The van der Waals surface area contributed by atoms with Gasteiger partial charge in [-0.05, 0) is 23.6 Å². The Hall–Kier alpha value is -2.74. The number of carbonyl (C=O) groups excluding carboxylic acids is 1. The number of nitrogens with zero attached hydrogens (tertiary/aromatic N) is 3. The van der Waals surface area contributed by atoms with Crippen LogP contribution >= 0.6 is 11.3 Å². The van der Waals surface area contributed by atoms with Gasteiger partial charge in [0.05, 0.1) is 18.3 Å². The van der Waals surface area contributed by atoms with Gasteiger partial charge in [-0.25, -0.2) is 9.78 Å². The summed E-state index contributed by atoms with van der Waals surface area (Å²) >= 11 is 1.66. The predicted molar refractivity (Wildman–Crippen MR) is 87.5 cm³/mol. The van der Waals surface area contributed by atoms with Crippen molar-refractivity contribution in [2.45, 2.75) is 6.42 Å². The summed E-state index contributed by atoms with van der Waals surface area (Å²) in [6.45, 7) is 0.673. The van der Waals surface area contributed by atoms with Crippen molar-refractivity contribution < 1.29 is 9.53 Å². The van der Waals surface area contributed by atoms with E-state index in [0.29, 0.717) is 12.4 Å². The summed E-state index contributed by atoms with van der Waals surface area (Å²) in [4.78, 5) is 20.0. The average molecular weight is 329 g/mol. The van der Waals surface area contributed by atoms with Gasteiger partial charge >= 0.3 is 5.97 Å². The second-order valence-corrected chi connectivity index (χ2v) is 5.63. The first-order valence-corrected chi connectivity index (χ1v) is 7.88. The molecular weight excluding hydrogens is 314 g/mol. The molecule has 3 heterocycles. The number of anilines is 1. The van der Waals surface area contributed by atoms with Crippen LogP contribution < -0.4 is 5.32 Å². The monoisotopic (exact) mass is 329 g/mol. The molecule has 8 heteroatoms. The molecule has 0 radical (unpaired) electrons. The molecular formula is C15H15N5O2S. The highest BCUT2D eigenvalue weighted by Crippen LogP contribution is 2.25. The van der Waals surface area contributed by atoms with E-state index in [0.717, 1.165) is 22.7 Å². The second-order valence-electron chi connectivity index (χ2n) is 4.68. The van der Waals surface area contributed by atoms with Gasteiger partial charge in [0.25, 0.3) is 0 Å². The molecule has 0 bridgehead atoms. The zero-order chi connectivity index (χ0) is 16.1. The smallest absolute Gasteiger partial charge is 0.358 e.